The summed E-state index contributed by atoms with van der Waals surface area (Å²) in [5.74, 6) is -0.926. The Morgan fingerprint density at radius 3 is 2.84 bits per heavy atom. The van der Waals surface area contributed by atoms with E-state index < -0.39 is 11.8 Å². The van der Waals surface area contributed by atoms with E-state index >= 15 is 0 Å². The minimum absolute atomic E-state index is 0.326. The molecule has 0 bridgehead atoms. The summed E-state index contributed by atoms with van der Waals surface area (Å²) in [4.78, 5) is 26.4. The van der Waals surface area contributed by atoms with Crippen molar-refractivity contribution in [2.75, 3.05) is 0 Å². The van der Waals surface area contributed by atoms with Gasteiger partial charge in [-0.2, -0.15) is 5.10 Å². The normalized spacial score (nSPS) is 11.0. The number of aromatic nitrogens is 3. The summed E-state index contributed by atoms with van der Waals surface area (Å²) in [6.45, 7) is 4.66. The van der Waals surface area contributed by atoms with E-state index in [1.54, 1.807) is 23.0 Å². The highest BCUT2D eigenvalue weighted by Crippen LogP contribution is 2.21. The molecule has 0 aliphatic heterocycles. The van der Waals surface area contributed by atoms with Crippen LogP contribution in [0.15, 0.2) is 22.8 Å². The van der Waals surface area contributed by atoms with Gasteiger partial charge in [0, 0.05) is 28.9 Å². The second-order valence-electron chi connectivity index (χ2n) is 5.37. The lowest BCUT2D eigenvalue weighted by molar-refractivity contribution is -0.117. The molecular formula is C16H19BrClN5O2. The molecule has 25 heavy (non-hydrogen) atoms. The largest absolute Gasteiger partial charge is 0.356 e. The molecule has 0 aromatic carbocycles. The lowest BCUT2D eigenvalue weighted by Gasteiger charge is -2.03. The number of carbonyl (C=O) groups is 2. The molecule has 0 unspecified atom stereocenters. The molecule has 0 spiro atoms. The van der Waals surface area contributed by atoms with Crippen LogP contribution in [0.1, 0.15) is 41.5 Å². The molecule has 2 amide bonds. The smallest absolute Gasteiger partial charge is 0.286 e. The van der Waals surface area contributed by atoms with Gasteiger partial charge in [-0.3, -0.25) is 25.1 Å². The fourth-order valence-corrected chi connectivity index (χ4v) is 2.76. The zero-order chi connectivity index (χ0) is 18.4. The van der Waals surface area contributed by atoms with E-state index in [0.29, 0.717) is 16.4 Å². The van der Waals surface area contributed by atoms with Gasteiger partial charge in [0.2, 0.25) is 0 Å². The van der Waals surface area contributed by atoms with Gasteiger partial charge < -0.3 is 4.98 Å². The van der Waals surface area contributed by atoms with Crippen LogP contribution in [-0.4, -0.2) is 26.6 Å². The van der Waals surface area contributed by atoms with Crippen molar-refractivity contribution in [1.29, 1.82) is 0 Å². The molecule has 0 aliphatic carbocycles. The summed E-state index contributed by atoms with van der Waals surface area (Å²) < 4.78 is 2.47. The second kappa shape index (κ2) is 8.87. The Kier molecular flexibility index (Phi) is 6.83. The zero-order valence-corrected chi connectivity index (χ0v) is 16.2. The first-order chi connectivity index (χ1) is 11.9. The summed E-state index contributed by atoms with van der Waals surface area (Å²) in [6, 6.07) is 1.60. The zero-order valence-electron chi connectivity index (χ0n) is 13.9. The number of H-pyrrole nitrogens is 1. The molecule has 2 aromatic heterocycles. The van der Waals surface area contributed by atoms with E-state index in [9.17, 15) is 9.59 Å². The van der Waals surface area contributed by atoms with E-state index in [1.165, 1.54) is 6.08 Å². The maximum absolute atomic E-state index is 11.9. The van der Waals surface area contributed by atoms with Gasteiger partial charge in [-0.25, -0.2) is 0 Å². The minimum Gasteiger partial charge on any atom is -0.356 e. The molecule has 2 aromatic rings. The van der Waals surface area contributed by atoms with Crippen molar-refractivity contribution >= 4 is 45.4 Å². The van der Waals surface area contributed by atoms with Crippen LogP contribution in [0.25, 0.3) is 6.08 Å². The molecule has 7 nitrogen and oxygen atoms in total. The Bertz CT molecular complexity index is 797. The highest BCUT2D eigenvalue weighted by Gasteiger charge is 2.11. The lowest BCUT2D eigenvalue weighted by atomic mass is 10.2. The van der Waals surface area contributed by atoms with Crippen LogP contribution in [0.5, 0.6) is 0 Å². The average molecular weight is 429 g/mol. The quantitative estimate of drug-likeness (QED) is 0.487. The first-order valence-electron chi connectivity index (χ1n) is 7.77. The molecule has 0 aliphatic rings. The fourth-order valence-electron chi connectivity index (χ4n) is 2.10. The molecule has 0 saturated carbocycles. The molecule has 9 heteroatoms. The second-order valence-corrected chi connectivity index (χ2v) is 6.65. The first-order valence-corrected chi connectivity index (χ1v) is 8.94. The Morgan fingerprint density at radius 1 is 1.44 bits per heavy atom. The molecule has 0 radical (unpaired) electrons. The molecular weight excluding hydrogens is 410 g/mol. The summed E-state index contributed by atoms with van der Waals surface area (Å²) in [7, 11) is 0. The SMILES string of the molecule is CCCCn1nc(C)c(/C=C/C(=O)NNC(=O)c2cc(Br)c[nH]2)c1Cl. The Hall–Kier alpha value is -2.06. The topological polar surface area (TPSA) is 91.8 Å². The van der Waals surface area contributed by atoms with Crippen LogP contribution in [-0.2, 0) is 11.3 Å². The van der Waals surface area contributed by atoms with Crippen molar-refractivity contribution in [2.24, 2.45) is 0 Å². The van der Waals surface area contributed by atoms with E-state index in [4.69, 9.17) is 11.6 Å². The number of hydrogen-bond acceptors (Lipinski definition) is 3. The third kappa shape index (κ3) is 5.20. The summed E-state index contributed by atoms with van der Waals surface area (Å²) in [5.41, 5.74) is 6.38. The molecule has 0 fully saturated rings. The van der Waals surface area contributed by atoms with Crippen LogP contribution in [0.2, 0.25) is 5.15 Å². The predicted molar refractivity (Wildman–Crippen MR) is 100 cm³/mol. The predicted octanol–water partition coefficient (Wildman–Crippen LogP) is 3.21. The number of hydrazine groups is 1. The third-order valence-electron chi connectivity index (χ3n) is 3.43. The number of nitrogens with zero attached hydrogens (tertiary/aromatic N) is 2. The molecule has 2 heterocycles. The highest BCUT2D eigenvalue weighted by molar-refractivity contribution is 9.10. The number of amides is 2. The maximum atomic E-state index is 11.9. The van der Waals surface area contributed by atoms with E-state index in [0.717, 1.165) is 29.6 Å². The number of carbonyl (C=O) groups excluding carboxylic acids is 2. The van der Waals surface area contributed by atoms with E-state index in [1.807, 2.05) is 6.92 Å². The van der Waals surface area contributed by atoms with Crippen molar-refractivity contribution in [3.8, 4) is 0 Å². The van der Waals surface area contributed by atoms with Gasteiger partial charge >= 0.3 is 0 Å². The van der Waals surface area contributed by atoms with Crippen molar-refractivity contribution in [3.05, 3.63) is 44.9 Å². The van der Waals surface area contributed by atoms with Gasteiger partial charge in [-0.1, -0.05) is 24.9 Å². The van der Waals surface area contributed by atoms with Gasteiger partial charge in [-0.15, -0.1) is 0 Å². The number of halogens is 2. The first kappa shape index (κ1) is 19.3. The number of unbranched alkanes of at least 4 members (excludes halogenated alkanes) is 1. The summed E-state index contributed by atoms with van der Waals surface area (Å²) in [5, 5.41) is 4.86. The van der Waals surface area contributed by atoms with Crippen molar-refractivity contribution in [1.82, 2.24) is 25.6 Å². The average Bonchev–Trinajstić information content (AvgIpc) is 3.13. The van der Waals surface area contributed by atoms with Crippen LogP contribution in [0, 0.1) is 6.92 Å². The van der Waals surface area contributed by atoms with Crippen molar-refractivity contribution in [3.63, 3.8) is 0 Å². The highest BCUT2D eigenvalue weighted by atomic mass is 79.9. The van der Waals surface area contributed by atoms with Crippen LogP contribution in [0.4, 0.5) is 0 Å². The van der Waals surface area contributed by atoms with Gasteiger partial charge in [0.1, 0.15) is 10.8 Å². The minimum atomic E-state index is -0.476. The number of nitrogens with one attached hydrogen (secondary N) is 3. The third-order valence-corrected chi connectivity index (χ3v) is 4.28. The molecule has 134 valence electrons. The van der Waals surface area contributed by atoms with Gasteiger partial charge in [0.15, 0.2) is 0 Å². The van der Waals surface area contributed by atoms with Crippen LogP contribution in [0.3, 0.4) is 0 Å². The fraction of sp³-hybridized carbons (Fsp3) is 0.312. The van der Waals surface area contributed by atoms with Crippen molar-refractivity contribution < 1.29 is 9.59 Å². The van der Waals surface area contributed by atoms with Crippen LogP contribution < -0.4 is 10.9 Å². The Labute approximate surface area is 158 Å². The number of hydrogen-bond donors (Lipinski definition) is 3. The number of aromatic amines is 1. The molecule has 3 N–H and O–H groups in total. The van der Waals surface area contributed by atoms with E-state index in [-0.39, 0.29) is 0 Å². The summed E-state index contributed by atoms with van der Waals surface area (Å²) in [6.07, 6.45) is 6.52. The lowest BCUT2D eigenvalue weighted by Crippen LogP contribution is -2.40. The van der Waals surface area contributed by atoms with Gasteiger partial charge in [0.05, 0.1) is 5.69 Å². The standard InChI is InChI=1S/C16H19BrClN5O2/c1-3-4-7-23-15(18)12(10(2)22-23)5-6-14(24)20-21-16(25)13-8-11(17)9-19-13/h5-6,8-9,19H,3-4,7H2,1-2H3,(H,20,24)(H,21,25)/b6-5+. The maximum Gasteiger partial charge on any atom is 0.286 e. The van der Waals surface area contributed by atoms with Gasteiger partial charge in [-0.05, 0) is 41.4 Å². The Morgan fingerprint density at radius 2 is 2.20 bits per heavy atom. The number of aryl methyl sites for hydroxylation is 2. The monoisotopic (exact) mass is 427 g/mol. The van der Waals surface area contributed by atoms with E-state index in [2.05, 4.69) is 43.8 Å². The molecule has 0 atom stereocenters. The summed E-state index contributed by atoms with van der Waals surface area (Å²) >= 11 is 9.53. The van der Waals surface area contributed by atoms with Crippen molar-refractivity contribution in [2.45, 2.75) is 33.2 Å². The number of rotatable bonds is 6. The molecule has 0 saturated heterocycles. The Balaban J connectivity index is 1.94. The molecule has 2 rings (SSSR count). The van der Waals surface area contributed by atoms with Crippen LogP contribution >= 0.6 is 27.5 Å². The van der Waals surface area contributed by atoms with Gasteiger partial charge in [0.25, 0.3) is 11.8 Å².